The number of fused-ring (bicyclic) bond motifs is 1. The lowest BCUT2D eigenvalue weighted by Gasteiger charge is -2.28. The lowest BCUT2D eigenvalue weighted by atomic mass is 9.94. The van der Waals surface area contributed by atoms with Gasteiger partial charge < -0.3 is 10.1 Å². The lowest BCUT2D eigenvalue weighted by molar-refractivity contribution is 0.253. The second kappa shape index (κ2) is 4.95. The first-order valence-corrected chi connectivity index (χ1v) is 7.49. The minimum Gasteiger partial charge on any atom is -0.493 e. The summed E-state index contributed by atoms with van der Waals surface area (Å²) in [5, 5.41) is 3.75. The Morgan fingerprint density at radius 2 is 1.75 bits per heavy atom. The van der Waals surface area contributed by atoms with E-state index in [-0.39, 0.29) is 0 Å². The normalized spacial score (nSPS) is 21.1. The number of nitrogens with one attached hydrogen (secondary N) is 1. The van der Waals surface area contributed by atoms with Gasteiger partial charge in [0.05, 0.1) is 6.61 Å². The Kier molecular flexibility index (Phi) is 2.96. The van der Waals surface area contributed by atoms with Gasteiger partial charge in [-0.05, 0) is 18.4 Å². The van der Waals surface area contributed by atoms with Crippen LogP contribution in [0.1, 0.15) is 30.9 Å². The van der Waals surface area contributed by atoms with Gasteiger partial charge in [0.1, 0.15) is 5.75 Å². The molecule has 20 heavy (non-hydrogen) atoms. The van der Waals surface area contributed by atoms with Gasteiger partial charge in [0.15, 0.2) is 0 Å². The van der Waals surface area contributed by atoms with Crippen LogP contribution in [0, 0.1) is 0 Å². The number of hydrogen-bond donors (Lipinski definition) is 1. The average Bonchev–Trinajstić information content (AvgIpc) is 3.32. The minimum atomic E-state index is 0.454. The molecule has 1 fully saturated rings. The van der Waals surface area contributed by atoms with E-state index in [1.807, 2.05) is 0 Å². The third-order valence-corrected chi connectivity index (χ3v) is 4.17. The molecule has 0 amide bonds. The monoisotopic (exact) mass is 265 g/mol. The molecule has 2 nitrogen and oxygen atoms in total. The van der Waals surface area contributed by atoms with Crippen molar-refractivity contribution in [3.05, 3.63) is 54.1 Å². The molecule has 2 aromatic rings. The van der Waals surface area contributed by atoms with Crippen LogP contribution in [-0.4, -0.2) is 12.6 Å². The molecule has 2 aromatic carbocycles. The molecule has 1 aliphatic carbocycles. The Labute approximate surface area is 119 Å². The Balaban J connectivity index is 1.75. The molecule has 2 heteroatoms. The maximum Gasteiger partial charge on any atom is 0.131 e. The van der Waals surface area contributed by atoms with Gasteiger partial charge in [-0.2, -0.15) is 0 Å². The number of para-hydroxylation sites is 1. The molecule has 1 aliphatic heterocycles. The van der Waals surface area contributed by atoms with Gasteiger partial charge in [0.2, 0.25) is 0 Å². The van der Waals surface area contributed by atoms with Gasteiger partial charge in [-0.1, -0.05) is 48.5 Å². The van der Waals surface area contributed by atoms with Crippen molar-refractivity contribution in [2.75, 3.05) is 6.61 Å². The number of rotatable bonds is 3. The van der Waals surface area contributed by atoms with E-state index in [4.69, 9.17) is 4.74 Å². The molecule has 1 N–H and O–H groups in total. The zero-order valence-electron chi connectivity index (χ0n) is 11.5. The summed E-state index contributed by atoms with van der Waals surface area (Å²) in [5.74, 6) is 1.07. The highest BCUT2D eigenvalue weighted by Gasteiger charge is 2.29. The Morgan fingerprint density at radius 1 is 0.900 bits per heavy atom. The topological polar surface area (TPSA) is 21.3 Å². The van der Waals surface area contributed by atoms with E-state index in [1.54, 1.807) is 0 Å². The molecule has 1 saturated carbocycles. The van der Waals surface area contributed by atoms with Crippen molar-refractivity contribution in [3.63, 3.8) is 0 Å². The van der Waals surface area contributed by atoms with Crippen LogP contribution in [-0.2, 0) is 0 Å². The first-order valence-electron chi connectivity index (χ1n) is 7.49. The van der Waals surface area contributed by atoms with Crippen molar-refractivity contribution in [2.24, 2.45) is 0 Å². The molecule has 0 aromatic heterocycles. The Hall–Kier alpha value is -1.80. The summed E-state index contributed by atoms with van der Waals surface area (Å²) in [5.41, 5.74) is 3.77. The Bertz CT molecular complexity index is 604. The molecule has 1 atom stereocenters. The van der Waals surface area contributed by atoms with Crippen molar-refractivity contribution in [1.29, 1.82) is 0 Å². The summed E-state index contributed by atoms with van der Waals surface area (Å²) in [4.78, 5) is 0. The van der Waals surface area contributed by atoms with Crippen LogP contribution in [0.4, 0.5) is 0 Å². The quantitative estimate of drug-likeness (QED) is 0.908. The standard InChI is InChI=1S/C18H19NO/c1-2-5-13(6-3-1)15-7-4-8-16-17(19-14-9-10-14)11-12-20-18(15)16/h1-8,14,17,19H,9-12H2. The molecule has 4 rings (SSSR count). The first-order chi connectivity index (χ1) is 9.92. The summed E-state index contributed by atoms with van der Waals surface area (Å²) in [7, 11) is 0. The van der Waals surface area contributed by atoms with E-state index < -0.39 is 0 Å². The van der Waals surface area contributed by atoms with Gasteiger partial charge >= 0.3 is 0 Å². The lowest BCUT2D eigenvalue weighted by Crippen LogP contribution is -2.28. The maximum absolute atomic E-state index is 6.00. The van der Waals surface area contributed by atoms with Crippen LogP contribution in [0.3, 0.4) is 0 Å². The van der Waals surface area contributed by atoms with Gasteiger partial charge in [-0.15, -0.1) is 0 Å². The number of ether oxygens (including phenoxy) is 1. The summed E-state index contributed by atoms with van der Waals surface area (Å²) in [6, 6.07) is 18.2. The SMILES string of the molecule is c1ccc(-c2cccc3c2OCCC3NC2CC2)cc1. The fraction of sp³-hybridized carbons (Fsp3) is 0.333. The van der Waals surface area contributed by atoms with Crippen molar-refractivity contribution < 1.29 is 4.74 Å². The molecule has 0 radical (unpaired) electrons. The van der Waals surface area contributed by atoms with Crippen LogP contribution in [0.25, 0.3) is 11.1 Å². The van der Waals surface area contributed by atoms with E-state index in [0.717, 1.165) is 24.8 Å². The van der Waals surface area contributed by atoms with E-state index in [2.05, 4.69) is 53.8 Å². The third-order valence-electron chi connectivity index (χ3n) is 4.17. The molecule has 1 unspecified atom stereocenters. The Morgan fingerprint density at radius 3 is 2.55 bits per heavy atom. The van der Waals surface area contributed by atoms with Gasteiger partial charge in [-0.25, -0.2) is 0 Å². The van der Waals surface area contributed by atoms with E-state index >= 15 is 0 Å². The highest BCUT2D eigenvalue weighted by Crippen LogP contribution is 2.41. The fourth-order valence-corrected chi connectivity index (χ4v) is 2.98. The molecule has 0 spiro atoms. The summed E-state index contributed by atoms with van der Waals surface area (Å²) in [6.07, 6.45) is 3.72. The summed E-state index contributed by atoms with van der Waals surface area (Å²) >= 11 is 0. The van der Waals surface area contributed by atoms with E-state index in [0.29, 0.717) is 6.04 Å². The summed E-state index contributed by atoms with van der Waals surface area (Å²) < 4.78 is 6.00. The zero-order chi connectivity index (χ0) is 13.4. The van der Waals surface area contributed by atoms with Gasteiger partial charge in [0.25, 0.3) is 0 Å². The minimum absolute atomic E-state index is 0.454. The highest BCUT2D eigenvalue weighted by molar-refractivity contribution is 5.72. The van der Waals surface area contributed by atoms with Gasteiger partial charge in [-0.3, -0.25) is 0 Å². The van der Waals surface area contributed by atoms with Gasteiger partial charge in [0, 0.05) is 29.6 Å². The molecule has 0 bridgehead atoms. The largest absolute Gasteiger partial charge is 0.493 e. The molecule has 102 valence electrons. The molecule has 2 aliphatic rings. The molecular weight excluding hydrogens is 246 g/mol. The first kappa shape index (κ1) is 12.0. The van der Waals surface area contributed by atoms with E-state index in [1.165, 1.54) is 29.5 Å². The molecular formula is C18H19NO. The van der Waals surface area contributed by atoms with Crippen LogP contribution >= 0.6 is 0 Å². The predicted molar refractivity (Wildman–Crippen MR) is 80.9 cm³/mol. The van der Waals surface area contributed by atoms with Crippen molar-refractivity contribution in [2.45, 2.75) is 31.3 Å². The fourth-order valence-electron chi connectivity index (χ4n) is 2.98. The van der Waals surface area contributed by atoms with Crippen molar-refractivity contribution in [3.8, 4) is 16.9 Å². The number of hydrogen-bond acceptors (Lipinski definition) is 2. The van der Waals surface area contributed by atoms with E-state index in [9.17, 15) is 0 Å². The number of benzene rings is 2. The van der Waals surface area contributed by atoms with Crippen LogP contribution < -0.4 is 10.1 Å². The van der Waals surface area contributed by atoms with Crippen LogP contribution in [0.5, 0.6) is 5.75 Å². The summed E-state index contributed by atoms with van der Waals surface area (Å²) in [6.45, 7) is 0.807. The van der Waals surface area contributed by atoms with Crippen molar-refractivity contribution in [1.82, 2.24) is 5.32 Å². The van der Waals surface area contributed by atoms with Crippen LogP contribution in [0.2, 0.25) is 0 Å². The highest BCUT2D eigenvalue weighted by atomic mass is 16.5. The molecule has 1 heterocycles. The zero-order valence-corrected chi connectivity index (χ0v) is 11.5. The van der Waals surface area contributed by atoms with Crippen LogP contribution in [0.15, 0.2) is 48.5 Å². The second-order valence-electron chi connectivity index (χ2n) is 5.72. The molecule has 0 saturated heterocycles. The third kappa shape index (κ3) is 2.20. The average molecular weight is 265 g/mol. The smallest absolute Gasteiger partial charge is 0.131 e. The predicted octanol–water partition coefficient (Wildman–Crippen LogP) is 3.93. The second-order valence-corrected chi connectivity index (χ2v) is 5.72. The van der Waals surface area contributed by atoms with Crippen molar-refractivity contribution >= 4 is 0 Å². The maximum atomic E-state index is 6.00.